The van der Waals surface area contributed by atoms with E-state index < -0.39 is 0 Å². The van der Waals surface area contributed by atoms with E-state index in [2.05, 4.69) is 0 Å². The van der Waals surface area contributed by atoms with Crippen molar-refractivity contribution >= 4 is 5.97 Å². The number of fused-ring (bicyclic) bond motifs is 2. The molecule has 1 saturated carbocycles. The predicted octanol–water partition coefficient (Wildman–Crippen LogP) is 1.10. The molecule has 9 heavy (non-hydrogen) atoms. The molecule has 0 aromatic heterocycles. The van der Waals surface area contributed by atoms with Gasteiger partial charge in [0.2, 0.25) is 0 Å². The van der Waals surface area contributed by atoms with Gasteiger partial charge in [0.15, 0.2) is 0 Å². The van der Waals surface area contributed by atoms with Gasteiger partial charge in [0.1, 0.15) is 6.10 Å². The maximum Gasteiger partial charge on any atom is 0.309 e. The van der Waals surface area contributed by atoms with Gasteiger partial charge in [-0.25, -0.2) is 0 Å². The normalized spacial score (nSPS) is 40.7. The number of hydrogen-bond donors (Lipinski definition) is 0. The zero-order valence-corrected chi connectivity index (χ0v) is 5.30. The average molecular weight is 126 g/mol. The molecule has 1 heterocycles. The smallest absolute Gasteiger partial charge is 0.309 e. The van der Waals surface area contributed by atoms with Gasteiger partial charge in [-0.2, -0.15) is 0 Å². The van der Waals surface area contributed by atoms with E-state index in [0.717, 1.165) is 19.3 Å². The minimum Gasteiger partial charge on any atom is -0.462 e. The van der Waals surface area contributed by atoms with Crippen LogP contribution in [0.15, 0.2) is 0 Å². The van der Waals surface area contributed by atoms with Crippen LogP contribution in [-0.4, -0.2) is 12.1 Å². The van der Waals surface area contributed by atoms with Crippen LogP contribution in [0.25, 0.3) is 0 Å². The molecule has 0 radical (unpaired) electrons. The molecule has 2 atom stereocenters. The first-order chi connectivity index (χ1) is 4.36. The third kappa shape index (κ3) is 0.732. The van der Waals surface area contributed by atoms with Crippen molar-refractivity contribution in [1.82, 2.24) is 0 Å². The van der Waals surface area contributed by atoms with E-state index in [-0.39, 0.29) is 18.0 Å². The maximum atomic E-state index is 10.8. The number of carbonyl (C=O) groups is 1. The van der Waals surface area contributed by atoms with Gasteiger partial charge in [-0.3, -0.25) is 4.79 Å². The largest absolute Gasteiger partial charge is 0.462 e. The summed E-state index contributed by atoms with van der Waals surface area (Å²) < 4.78 is 5.05. The highest BCUT2D eigenvalue weighted by molar-refractivity contribution is 5.74. The van der Waals surface area contributed by atoms with E-state index in [1.165, 1.54) is 6.42 Å². The Balaban J connectivity index is 2.15. The molecular formula is C7H10O2. The molecule has 2 aliphatic rings. The molecule has 2 nitrogen and oxygen atoms in total. The van der Waals surface area contributed by atoms with Crippen molar-refractivity contribution in [2.24, 2.45) is 5.92 Å². The lowest BCUT2D eigenvalue weighted by molar-refractivity contribution is -0.143. The van der Waals surface area contributed by atoms with Gasteiger partial charge < -0.3 is 4.74 Å². The Morgan fingerprint density at radius 2 is 2.33 bits per heavy atom. The molecule has 0 N–H and O–H groups in total. The molecule has 2 rings (SSSR count). The van der Waals surface area contributed by atoms with E-state index in [0.29, 0.717) is 0 Å². The van der Waals surface area contributed by atoms with Crippen molar-refractivity contribution in [3.63, 3.8) is 0 Å². The average Bonchev–Trinajstić information content (AvgIpc) is 2.09. The number of hydrogen-bond acceptors (Lipinski definition) is 2. The van der Waals surface area contributed by atoms with E-state index in [1.54, 1.807) is 0 Å². The standard InChI is InChI=1S/C7H10O2/c8-7-5-2-1-3-6(4-5)9-7/h5-6H,1-4H2/t5?,6-/m0/s1. The molecule has 0 spiro atoms. The van der Waals surface area contributed by atoms with Crippen molar-refractivity contribution in [1.29, 1.82) is 0 Å². The summed E-state index contributed by atoms with van der Waals surface area (Å²) in [6, 6.07) is 0. The first kappa shape index (κ1) is 5.27. The van der Waals surface area contributed by atoms with Gasteiger partial charge in [0, 0.05) is 0 Å². The van der Waals surface area contributed by atoms with Crippen LogP contribution in [0, 0.1) is 5.92 Å². The van der Waals surface area contributed by atoms with Crippen LogP contribution in [0.4, 0.5) is 0 Å². The molecule has 2 fully saturated rings. The summed E-state index contributed by atoms with van der Waals surface area (Å²) in [5, 5.41) is 0. The van der Waals surface area contributed by atoms with Crippen molar-refractivity contribution in [3.05, 3.63) is 0 Å². The highest BCUT2D eigenvalue weighted by atomic mass is 16.6. The third-order valence-electron chi connectivity index (χ3n) is 2.24. The van der Waals surface area contributed by atoms with E-state index in [9.17, 15) is 4.79 Å². The molecule has 1 saturated heterocycles. The fourth-order valence-corrected chi connectivity index (χ4v) is 1.73. The van der Waals surface area contributed by atoms with Gasteiger partial charge >= 0.3 is 5.97 Å². The first-order valence-electron chi connectivity index (χ1n) is 3.57. The van der Waals surface area contributed by atoms with E-state index in [4.69, 9.17) is 4.74 Å². The molecule has 1 aliphatic carbocycles. The third-order valence-corrected chi connectivity index (χ3v) is 2.24. The lowest BCUT2D eigenvalue weighted by Crippen LogP contribution is -2.10. The summed E-state index contributed by atoms with van der Waals surface area (Å²) in [4.78, 5) is 10.8. The minimum atomic E-state index is 0.0532. The van der Waals surface area contributed by atoms with Crippen LogP contribution in [0.3, 0.4) is 0 Å². The number of rotatable bonds is 0. The minimum absolute atomic E-state index is 0.0532. The quantitative estimate of drug-likeness (QED) is 0.454. The SMILES string of the molecule is O=C1O[C@H]2CCCC1C2. The zero-order valence-electron chi connectivity index (χ0n) is 5.30. The molecule has 2 bridgehead atoms. The number of ether oxygens (including phenoxy) is 1. The summed E-state index contributed by atoms with van der Waals surface area (Å²) in [6.45, 7) is 0. The molecule has 0 aromatic rings. The Labute approximate surface area is 54.2 Å². The Kier molecular flexibility index (Phi) is 1.01. The van der Waals surface area contributed by atoms with Gasteiger partial charge in [-0.1, -0.05) is 0 Å². The fraction of sp³-hybridized carbons (Fsp3) is 0.857. The Bertz CT molecular complexity index is 142. The summed E-state index contributed by atoms with van der Waals surface area (Å²) in [7, 11) is 0. The second kappa shape index (κ2) is 1.72. The van der Waals surface area contributed by atoms with E-state index >= 15 is 0 Å². The number of esters is 1. The zero-order chi connectivity index (χ0) is 6.27. The molecule has 2 heteroatoms. The molecule has 50 valence electrons. The summed E-state index contributed by atoms with van der Waals surface area (Å²) in [5.41, 5.74) is 0. The summed E-state index contributed by atoms with van der Waals surface area (Å²) in [6.07, 6.45) is 4.63. The van der Waals surface area contributed by atoms with Crippen molar-refractivity contribution in [3.8, 4) is 0 Å². The van der Waals surface area contributed by atoms with Crippen molar-refractivity contribution < 1.29 is 9.53 Å². The maximum absolute atomic E-state index is 10.8. The summed E-state index contributed by atoms with van der Waals surface area (Å²) >= 11 is 0. The fourth-order valence-electron chi connectivity index (χ4n) is 1.73. The predicted molar refractivity (Wildman–Crippen MR) is 31.8 cm³/mol. The van der Waals surface area contributed by atoms with Crippen LogP contribution in [0.2, 0.25) is 0 Å². The van der Waals surface area contributed by atoms with Gasteiger partial charge in [0.05, 0.1) is 5.92 Å². The van der Waals surface area contributed by atoms with Crippen molar-refractivity contribution in [2.45, 2.75) is 31.8 Å². The van der Waals surface area contributed by atoms with Crippen molar-refractivity contribution in [2.75, 3.05) is 0 Å². The summed E-state index contributed by atoms with van der Waals surface area (Å²) in [5.74, 6) is 0.321. The van der Waals surface area contributed by atoms with Crippen LogP contribution in [0.5, 0.6) is 0 Å². The van der Waals surface area contributed by atoms with Crippen LogP contribution in [-0.2, 0) is 9.53 Å². The van der Waals surface area contributed by atoms with Gasteiger partial charge in [-0.05, 0) is 25.7 Å². The van der Waals surface area contributed by atoms with E-state index in [1.807, 2.05) is 0 Å². The Hall–Kier alpha value is -0.530. The van der Waals surface area contributed by atoms with Gasteiger partial charge in [-0.15, -0.1) is 0 Å². The van der Waals surface area contributed by atoms with Crippen LogP contribution < -0.4 is 0 Å². The van der Waals surface area contributed by atoms with Crippen LogP contribution >= 0.6 is 0 Å². The molecular weight excluding hydrogens is 116 g/mol. The second-order valence-electron chi connectivity index (χ2n) is 2.92. The van der Waals surface area contributed by atoms with Crippen LogP contribution in [0.1, 0.15) is 25.7 Å². The monoisotopic (exact) mass is 126 g/mol. The Morgan fingerprint density at radius 1 is 1.44 bits per heavy atom. The second-order valence-corrected chi connectivity index (χ2v) is 2.92. The highest BCUT2D eigenvalue weighted by Crippen LogP contribution is 2.33. The number of carbonyl (C=O) groups excluding carboxylic acids is 1. The topological polar surface area (TPSA) is 26.3 Å². The molecule has 0 amide bonds. The van der Waals surface area contributed by atoms with Gasteiger partial charge in [0.25, 0.3) is 0 Å². The highest BCUT2D eigenvalue weighted by Gasteiger charge is 2.37. The lowest BCUT2D eigenvalue weighted by atomic mass is 9.90. The molecule has 1 unspecified atom stereocenters. The lowest BCUT2D eigenvalue weighted by Gasteiger charge is -2.12. The Morgan fingerprint density at radius 3 is 3.00 bits per heavy atom. The molecule has 0 aromatic carbocycles. The first-order valence-corrected chi connectivity index (χ1v) is 3.57. The molecule has 1 aliphatic heterocycles.